The van der Waals surface area contributed by atoms with Gasteiger partial charge in [-0.15, -0.1) is 21.6 Å². The van der Waals surface area contributed by atoms with E-state index in [-0.39, 0.29) is 11.2 Å². The summed E-state index contributed by atoms with van der Waals surface area (Å²) in [6, 6.07) is 0. The molecule has 0 amide bonds. The molecule has 0 aromatic carbocycles. The minimum absolute atomic E-state index is 0.180. The van der Waals surface area contributed by atoms with Crippen LogP contribution < -0.4 is 11.3 Å². The van der Waals surface area contributed by atoms with Crippen molar-refractivity contribution in [2.24, 2.45) is 10.2 Å². The number of thiazole rings is 1. The van der Waals surface area contributed by atoms with Crippen LogP contribution in [-0.2, 0) is 13.1 Å². The van der Waals surface area contributed by atoms with Crippen LogP contribution in [-0.4, -0.2) is 14.3 Å². The molecule has 0 fully saturated rings. The molecule has 8 heteroatoms. The summed E-state index contributed by atoms with van der Waals surface area (Å²) in [6.45, 7) is 1.45. The largest absolute Gasteiger partial charge is 0.382 e. The summed E-state index contributed by atoms with van der Waals surface area (Å²) in [7, 11) is 0. The van der Waals surface area contributed by atoms with E-state index in [0.29, 0.717) is 17.5 Å². The van der Waals surface area contributed by atoms with Crippen molar-refractivity contribution in [3.05, 3.63) is 21.9 Å². The van der Waals surface area contributed by atoms with Gasteiger partial charge in [0.15, 0.2) is 11.5 Å². The van der Waals surface area contributed by atoms with E-state index >= 15 is 0 Å². The lowest BCUT2D eigenvalue weighted by atomic mass is 10.4. The first-order valence-corrected chi connectivity index (χ1v) is 6.05. The number of nitrogens with two attached hydrogens (primary N) is 1. The average Bonchev–Trinajstić information content (AvgIpc) is 3.01. The van der Waals surface area contributed by atoms with E-state index in [1.54, 1.807) is 20.9 Å². The van der Waals surface area contributed by atoms with Crippen molar-refractivity contribution in [1.29, 1.82) is 0 Å². The van der Waals surface area contributed by atoms with Gasteiger partial charge < -0.3 is 5.73 Å². The van der Waals surface area contributed by atoms with Crippen LogP contribution in [0.25, 0.3) is 0 Å². The number of hydrogen-bond donors (Lipinski definition) is 1. The summed E-state index contributed by atoms with van der Waals surface area (Å²) in [5.41, 5.74) is 5.89. The maximum Gasteiger partial charge on any atom is 0.296 e. The van der Waals surface area contributed by atoms with Gasteiger partial charge in [-0.2, -0.15) is 0 Å². The lowest BCUT2D eigenvalue weighted by Gasteiger charge is -1.98. The molecule has 7 nitrogen and oxygen atoms in total. The topological polar surface area (TPSA) is 90.6 Å². The van der Waals surface area contributed by atoms with E-state index in [0.717, 1.165) is 13.0 Å². The van der Waals surface area contributed by atoms with Crippen molar-refractivity contribution in [3.8, 4) is 0 Å². The highest BCUT2D eigenvalue weighted by molar-refractivity contribution is 7.13. The molecule has 1 aliphatic heterocycles. The number of nitrogens with zero attached hydrogens (tertiary/aromatic N) is 5. The SMILES string of the molecule is Nc1c(/N=N/c2nccs2)c(=O)n2n1CCC2. The lowest BCUT2D eigenvalue weighted by molar-refractivity contribution is 0.601. The fraction of sp³-hybridized carbons (Fsp3) is 0.333. The van der Waals surface area contributed by atoms with Crippen LogP contribution in [0.5, 0.6) is 0 Å². The molecule has 1 aliphatic rings. The predicted octanol–water partition coefficient (Wildman–Crippen LogP) is 1.51. The number of azo groups is 1. The molecule has 0 saturated heterocycles. The lowest BCUT2D eigenvalue weighted by Crippen LogP contribution is -2.16. The molecule has 0 radical (unpaired) electrons. The molecule has 2 N–H and O–H groups in total. The van der Waals surface area contributed by atoms with Gasteiger partial charge in [0.1, 0.15) is 0 Å². The zero-order chi connectivity index (χ0) is 11.8. The van der Waals surface area contributed by atoms with Crippen molar-refractivity contribution in [1.82, 2.24) is 14.3 Å². The van der Waals surface area contributed by atoms with Crippen LogP contribution in [0.1, 0.15) is 6.42 Å². The third-order valence-corrected chi connectivity index (χ3v) is 3.30. The maximum atomic E-state index is 11.9. The van der Waals surface area contributed by atoms with Crippen molar-refractivity contribution >= 4 is 28.0 Å². The highest BCUT2D eigenvalue weighted by Gasteiger charge is 2.21. The Morgan fingerprint density at radius 2 is 2.18 bits per heavy atom. The van der Waals surface area contributed by atoms with Crippen LogP contribution >= 0.6 is 11.3 Å². The van der Waals surface area contributed by atoms with E-state index < -0.39 is 0 Å². The molecule has 0 spiro atoms. The Kier molecular flexibility index (Phi) is 2.29. The minimum Gasteiger partial charge on any atom is -0.382 e. The molecular weight excluding hydrogens is 240 g/mol. The molecule has 0 bridgehead atoms. The summed E-state index contributed by atoms with van der Waals surface area (Å²) in [5.74, 6) is 0.382. The van der Waals surface area contributed by atoms with E-state index in [2.05, 4.69) is 15.2 Å². The van der Waals surface area contributed by atoms with Gasteiger partial charge in [-0.25, -0.2) is 9.67 Å². The number of fused-ring (bicyclic) bond motifs is 1. The molecule has 2 aromatic rings. The van der Waals surface area contributed by atoms with Gasteiger partial charge in [0.25, 0.3) is 5.56 Å². The Bertz CT molecular complexity index is 623. The molecule has 88 valence electrons. The Morgan fingerprint density at radius 1 is 1.35 bits per heavy atom. The second-order valence-corrected chi connectivity index (χ2v) is 4.53. The first kappa shape index (κ1) is 10.2. The Morgan fingerprint density at radius 3 is 2.88 bits per heavy atom. The quantitative estimate of drug-likeness (QED) is 0.819. The van der Waals surface area contributed by atoms with Crippen LogP contribution in [0.15, 0.2) is 26.6 Å². The Labute approximate surface area is 100 Å². The van der Waals surface area contributed by atoms with Crippen molar-refractivity contribution in [2.45, 2.75) is 19.5 Å². The normalized spacial score (nSPS) is 14.6. The van der Waals surface area contributed by atoms with E-state index in [1.807, 2.05) is 0 Å². The van der Waals surface area contributed by atoms with Gasteiger partial charge in [-0.3, -0.25) is 9.48 Å². The highest BCUT2D eigenvalue weighted by Crippen LogP contribution is 2.24. The maximum absolute atomic E-state index is 11.9. The van der Waals surface area contributed by atoms with Crippen molar-refractivity contribution < 1.29 is 0 Å². The predicted molar refractivity (Wildman–Crippen MR) is 64.0 cm³/mol. The van der Waals surface area contributed by atoms with Crippen LogP contribution in [0.4, 0.5) is 16.6 Å². The molecule has 3 heterocycles. The fourth-order valence-corrected chi connectivity index (χ4v) is 2.33. The van der Waals surface area contributed by atoms with Crippen LogP contribution in [0.2, 0.25) is 0 Å². The van der Waals surface area contributed by atoms with Gasteiger partial charge >= 0.3 is 0 Å². The van der Waals surface area contributed by atoms with Crippen molar-refractivity contribution in [2.75, 3.05) is 5.73 Å². The molecule has 2 aromatic heterocycles. The van der Waals surface area contributed by atoms with Crippen LogP contribution in [0, 0.1) is 0 Å². The van der Waals surface area contributed by atoms with Gasteiger partial charge in [-0.05, 0) is 6.42 Å². The third kappa shape index (κ3) is 1.57. The summed E-state index contributed by atoms with van der Waals surface area (Å²) in [6.07, 6.45) is 2.57. The highest BCUT2D eigenvalue weighted by atomic mass is 32.1. The molecule has 0 aliphatic carbocycles. The zero-order valence-corrected chi connectivity index (χ0v) is 9.72. The van der Waals surface area contributed by atoms with Gasteiger partial charge in [0.05, 0.1) is 0 Å². The first-order chi connectivity index (χ1) is 8.27. The molecule has 0 unspecified atom stereocenters. The van der Waals surface area contributed by atoms with E-state index in [9.17, 15) is 4.79 Å². The fourth-order valence-electron chi connectivity index (χ4n) is 1.88. The van der Waals surface area contributed by atoms with Gasteiger partial charge in [-0.1, -0.05) is 0 Å². The number of anilines is 1. The molecule has 0 atom stereocenters. The minimum atomic E-state index is -0.180. The number of aromatic nitrogens is 3. The van der Waals surface area contributed by atoms with E-state index in [4.69, 9.17) is 5.73 Å². The smallest absolute Gasteiger partial charge is 0.296 e. The second kappa shape index (κ2) is 3.81. The third-order valence-electron chi connectivity index (χ3n) is 2.64. The number of hydrogen-bond acceptors (Lipinski definition) is 6. The van der Waals surface area contributed by atoms with Gasteiger partial charge in [0.2, 0.25) is 5.13 Å². The van der Waals surface area contributed by atoms with Gasteiger partial charge in [0, 0.05) is 24.7 Å². The molecule has 3 rings (SSSR count). The Balaban J connectivity index is 2.02. The van der Waals surface area contributed by atoms with E-state index in [1.165, 1.54) is 11.3 Å². The standard InChI is InChI=1S/C9H10N6OS/c10-7-6(12-13-9-11-2-5-17-9)8(16)15-4-1-3-14(7)15/h2,5H,1,3-4,10H2/b13-12+. The molecular formula is C9H10N6OS. The average molecular weight is 250 g/mol. The zero-order valence-electron chi connectivity index (χ0n) is 8.91. The summed E-state index contributed by atoms with van der Waals surface area (Å²) >= 11 is 1.36. The van der Waals surface area contributed by atoms with Crippen LogP contribution in [0.3, 0.4) is 0 Å². The summed E-state index contributed by atoms with van der Waals surface area (Å²) < 4.78 is 3.35. The monoisotopic (exact) mass is 250 g/mol. The molecule has 0 saturated carbocycles. The Hall–Kier alpha value is -1.96. The second-order valence-electron chi connectivity index (χ2n) is 3.65. The summed E-state index contributed by atoms with van der Waals surface area (Å²) in [5, 5.41) is 10.1. The molecule has 17 heavy (non-hydrogen) atoms. The number of nitrogen functional groups attached to an aromatic ring is 1. The first-order valence-electron chi connectivity index (χ1n) is 5.17. The summed E-state index contributed by atoms with van der Waals surface area (Å²) in [4.78, 5) is 15.9. The van der Waals surface area contributed by atoms with Crippen molar-refractivity contribution in [3.63, 3.8) is 0 Å². The number of rotatable bonds is 2.